The molecule has 3 N–H and O–H groups in total. The zero-order valence-electron chi connectivity index (χ0n) is 20.7. The number of halogens is 1. The van der Waals surface area contributed by atoms with Crippen molar-refractivity contribution in [3.63, 3.8) is 0 Å². The predicted octanol–water partition coefficient (Wildman–Crippen LogP) is 4.17. The van der Waals surface area contributed by atoms with Crippen LogP contribution in [0.1, 0.15) is 14.4 Å². The number of rotatable bonds is 6. The number of nitrogens with two attached hydrogens (primary N) is 1. The standard InChI is InChI=1S/C27H32FN5O3S.CH4.H2/c1-2-26-33(16-22(15-29)36-26)21-7-8-25(24(28)14-21)32-11-9-31(10-12-32)20-5-3-19(4-6-20)13-23-17-35-18-30-27(34)37-23;;/h3-8,14,22-23H,1,9-13,15-18,29H2,(H,30,34);1H4;1H. The average molecular weight is 544 g/mol. The number of hydrogen-bond acceptors (Lipinski definition) is 8. The Balaban J connectivity index is 0.00000210. The second kappa shape index (κ2) is 12.6. The Morgan fingerprint density at radius 2 is 1.84 bits per heavy atom. The Labute approximate surface area is 229 Å². The van der Waals surface area contributed by atoms with Crippen molar-refractivity contribution in [2.24, 2.45) is 5.73 Å². The minimum absolute atomic E-state index is 0. The van der Waals surface area contributed by atoms with Gasteiger partial charge >= 0.3 is 0 Å². The van der Waals surface area contributed by atoms with Crippen molar-refractivity contribution in [1.29, 1.82) is 0 Å². The molecule has 5 rings (SSSR count). The minimum Gasteiger partial charge on any atom is -0.466 e. The lowest BCUT2D eigenvalue weighted by Crippen LogP contribution is -2.46. The maximum Gasteiger partial charge on any atom is 0.281 e. The molecule has 3 aliphatic rings. The molecular formula is C28H38FN5O3S. The van der Waals surface area contributed by atoms with E-state index >= 15 is 4.39 Å². The highest BCUT2D eigenvalue weighted by molar-refractivity contribution is 8.14. The van der Waals surface area contributed by atoms with Crippen molar-refractivity contribution in [1.82, 2.24) is 5.32 Å². The lowest BCUT2D eigenvalue weighted by atomic mass is 10.1. The number of benzene rings is 2. The van der Waals surface area contributed by atoms with Crippen molar-refractivity contribution in [2.45, 2.75) is 25.2 Å². The van der Waals surface area contributed by atoms with Gasteiger partial charge in [-0.2, -0.15) is 0 Å². The molecule has 3 saturated heterocycles. The van der Waals surface area contributed by atoms with Gasteiger partial charge in [0.2, 0.25) is 5.88 Å². The van der Waals surface area contributed by atoms with Crippen LogP contribution in [0.15, 0.2) is 60.7 Å². The summed E-state index contributed by atoms with van der Waals surface area (Å²) in [5, 5.41) is 2.78. The third-order valence-electron chi connectivity index (χ3n) is 6.85. The number of amides is 1. The first-order chi connectivity index (χ1) is 18.0. The maximum absolute atomic E-state index is 15.2. The van der Waals surface area contributed by atoms with Gasteiger partial charge in [0.15, 0.2) is 0 Å². The van der Waals surface area contributed by atoms with Gasteiger partial charge < -0.3 is 35.2 Å². The van der Waals surface area contributed by atoms with E-state index in [2.05, 4.69) is 51.7 Å². The van der Waals surface area contributed by atoms with Crippen molar-refractivity contribution in [3.8, 4) is 0 Å². The summed E-state index contributed by atoms with van der Waals surface area (Å²) in [5.41, 5.74) is 12.1. The molecule has 2 atom stereocenters. The van der Waals surface area contributed by atoms with Gasteiger partial charge in [-0.15, -0.1) is 0 Å². The Morgan fingerprint density at radius 3 is 2.53 bits per heavy atom. The van der Waals surface area contributed by atoms with E-state index in [0.29, 0.717) is 37.0 Å². The Morgan fingerprint density at radius 1 is 1.13 bits per heavy atom. The van der Waals surface area contributed by atoms with E-state index in [4.69, 9.17) is 15.2 Å². The third-order valence-corrected chi connectivity index (χ3v) is 7.84. The van der Waals surface area contributed by atoms with Crippen LogP contribution in [0.5, 0.6) is 0 Å². The summed E-state index contributed by atoms with van der Waals surface area (Å²) >= 11 is 1.30. The van der Waals surface area contributed by atoms with Crippen molar-refractivity contribution >= 4 is 34.1 Å². The predicted molar refractivity (Wildman–Crippen MR) is 154 cm³/mol. The lowest BCUT2D eigenvalue weighted by molar-refractivity contribution is 0.128. The fraction of sp³-hybridized carbons (Fsp3) is 0.429. The maximum atomic E-state index is 15.2. The van der Waals surface area contributed by atoms with Gasteiger partial charge in [-0.3, -0.25) is 4.79 Å². The van der Waals surface area contributed by atoms with Crippen LogP contribution in [0, 0.1) is 5.82 Å². The quantitative estimate of drug-likeness (QED) is 0.526. The van der Waals surface area contributed by atoms with Crippen LogP contribution in [0.25, 0.3) is 0 Å². The van der Waals surface area contributed by atoms with Gasteiger partial charge in [-0.05, 0) is 42.3 Å². The van der Waals surface area contributed by atoms with Crippen LogP contribution in [0.2, 0.25) is 0 Å². The van der Waals surface area contributed by atoms with E-state index in [1.807, 2.05) is 17.0 Å². The monoisotopic (exact) mass is 543 g/mol. The number of piperazine rings is 1. The van der Waals surface area contributed by atoms with E-state index in [-0.39, 0.29) is 38.0 Å². The Hall–Kier alpha value is -3.17. The molecule has 0 saturated carbocycles. The summed E-state index contributed by atoms with van der Waals surface area (Å²) in [5.74, 6) is 0.220. The summed E-state index contributed by atoms with van der Waals surface area (Å²) in [6.07, 6.45) is 0.627. The molecule has 3 fully saturated rings. The highest BCUT2D eigenvalue weighted by atomic mass is 32.2. The Bertz CT molecular complexity index is 1170. The molecule has 206 valence electrons. The second-order valence-corrected chi connectivity index (χ2v) is 10.5. The number of thioether (sulfide) groups is 1. The van der Waals surface area contributed by atoms with Crippen molar-refractivity contribution in [2.75, 3.05) is 67.3 Å². The summed E-state index contributed by atoms with van der Waals surface area (Å²) in [6, 6.07) is 13.8. The molecular weight excluding hydrogens is 505 g/mol. The van der Waals surface area contributed by atoms with E-state index in [1.54, 1.807) is 6.07 Å². The molecule has 0 aromatic heterocycles. The molecule has 8 nitrogen and oxygen atoms in total. The molecule has 1 amide bonds. The Kier molecular flexibility index (Phi) is 9.22. The molecule has 2 unspecified atom stereocenters. The minimum atomic E-state index is -0.260. The van der Waals surface area contributed by atoms with Crippen molar-refractivity contribution < 1.29 is 20.1 Å². The van der Waals surface area contributed by atoms with Gasteiger partial charge in [0.05, 0.1) is 18.8 Å². The number of nitrogens with zero attached hydrogens (tertiary/aromatic N) is 3. The summed E-state index contributed by atoms with van der Waals surface area (Å²) < 4.78 is 26.3. The molecule has 38 heavy (non-hydrogen) atoms. The summed E-state index contributed by atoms with van der Waals surface area (Å²) in [7, 11) is 0. The summed E-state index contributed by atoms with van der Waals surface area (Å²) in [6.45, 7) is 8.48. The number of hydrogen-bond donors (Lipinski definition) is 2. The largest absolute Gasteiger partial charge is 0.466 e. The van der Waals surface area contributed by atoms with E-state index in [1.165, 1.54) is 17.3 Å². The number of ether oxygens (including phenoxy) is 2. The lowest BCUT2D eigenvalue weighted by Gasteiger charge is -2.37. The van der Waals surface area contributed by atoms with Gasteiger partial charge in [-0.25, -0.2) is 4.39 Å². The fourth-order valence-electron chi connectivity index (χ4n) is 4.89. The highest BCUT2D eigenvalue weighted by Crippen LogP contribution is 2.31. The van der Waals surface area contributed by atoms with Gasteiger partial charge in [0.25, 0.3) is 5.24 Å². The molecule has 0 aliphatic carbocycles. The van der Waals surface area contributed by atoms with E-state index in [9.17, 15) is 4.79 Å². The average Bonchev–Trinajstić information content (AvgIpc) is 3.24. The van der Waals surface area contributed by atoms with Crippen LogP contribution < -0.4 is 25.8 Å². The van der Waals surface area contributed by atoms with E-state index in [0.717, 1.165) is 38.3 Å². The van der Waals surface area contributed by atoms with Crippen LogP contribution >= 0.6 is 11.8 Å². The van der Waals surface area contributed by atoms with Gasteiger partial charge in [-0.1, -0.05) is 43.6 Å². The summed E-state index contributed by atoms with van der Waals surface area (Å²) in [4.78, 5) is 18.0. The zero-order valence-corrected chi connectivity index (χ0v) is 21.5. The van der Waals surface area contributed by atoms with Crippen molar-refractivity contribution in [3.05, 3.63) is 72.0 Å². The first kappa shape index (κ1) is 27.9. The SMILES string of the molecule is C.C=C=C1OC(CN)CN1c1ccc(N2CCN(c3ccc(CC4COCNC(=O)S4)cc3)CC2)c(F)c1.[HH]. The molecule has 0 spiro atoms. The molecule has 3 aliphatic heterocycles. The second-order valence-electron chi connectivity index (χ2n) is 9.27. The first-order valence-electron chi connectivity index (χ1n) is 12.5. The van der Waals surface area contributed by atoms with Crippen LogP contribution in [0.3, 0.4) is 0 Å². The van der Waals surface area contributed by atoms with Gasteiger partial charge in [0.1, 0.15) is 18.7 Å². The molecule has 3 heterocycles. The van der Waals surface area contributed by atoms with E-state index < -0.39 is 0 Å². The number of carbonyl (C=O) groups is 1. The first-order valence-corrected chi connectivity index (χ1v) is 13.4. The fourth-order valence-corrected chi connectivity index (χ4v) is 5.77. The zero-order chi connectivity index (χ0) is 25.8. The topological polar surface area (TPSA) is 83.3 Å². The third kappa shape index (κ3) is 6.27. The van der Waals surface area contributed by atoms with Crippen LogP contribution in [-0.2, 0) is 15.9 Å². The molecule has 0 bridgehead atoms. The number of carbonyl (C=O) groups excluding carboxylic acids is 1. The number of nitrogens with one attached hydrogen (secondary N) is 1. The van der Waals surface area contributed by atoms with Crippen LogP contribution in [-0.4, -0.2) is 69.2 Å². The normalized spacial score (nSPS) is 21.8. The molecule has 2 aromatic carbocycles. The van der Waals surface area contributed by atoms with Crippen LogP contribution in [0.4, 0.5) is 26.2 Å². The van der Waals surface area contributed by atoms with Gasteiger partial charge in [0, 0.05) is 50.8 Å². The molecule has 2 aromatic rings. The molecule has 0 radical (unpaired) electrons. The molecule has 10 heteroatoms. The number of anilines is 3. The smallest absolute Gasteiger partial charge is 0.281 e. The highest BCUT2D eigenvalue weighted by Gasteiger charge is 2.29.